The van der Waals surface area contributed by atoms with E-state index in [1.807, 2.05) is 18.2 Å². The number of rotatable bonds is 2. The molecular weight excluding hydrogens is 256 g/mol. The quantitative estimate of drug-likeness (QED) is 0.835. The van der Waals surface area contributed by atoms with Crippen LogP contribution in [0.3, 0.4) is 0 Å². The van der Waals surface area contributed by atoms with Gasteiger partial charge in [0.2, 0.25) is 5.43 Å². The molecule has 0 N–H and O–H groups in total. The molecule has 1 aromatic carbocycles. The summed E-state index contributed by atoms with van der Waals surface area (Å²) in [5, 5.41) is 4.74. The van der Waals surface area contributed by atoms with Gasteiger partial charge in [-0.2, -0.15) is 5.10 Å². The summed E-state index contributed by atoms with van der Waals surface area (Å²) < 4.78 is 2.57. The second kappa shape index (κ2) is 3.98. The van der Waals surface area contributed by atoms with Crippen LogP contribution >= 0.6 is 15.9 Å². The molecule has 1 heterocycles. The molecule has 0 aliphatic heterocycles. The first-order valence-corrected chi connectivity index (χ1v) is 5.26. The van der Waals surface area contributed by atoms with Crippen molar-refractivity contribution in [1.82, 2.24) is 9.78 Å². The summed E-state index contributed by atoms with van der Waals surface area (Å²) in [6, 6.07) is 7.40. The Balaban J connectivity index is 2.71. The summed E-state index contributed by atoms with van der Waals surface area (Å²) in [6.45, 7) is 4.31. The van der Waals surface area contributed by atoms with Crippen molar-refractivity contribution in [3.8, 4) is 0 Å². The molecule has 0 aliphatic rings. The lowest BCUT2D eigenvalue weighted by molar-refractivity contribution is 0.706. The number of fused-ring (bicyclic) bond motifs is 1. The smallest absolute Gasteiger partial charge is 0.207 e. The van der Waals surface area contributed by atoms with Crippen molar-refractivity contribution in [3.63, 3.8) is 0 Å². The van der Waals surface area contributed by atoms with Crippen LogP contribution in [0.2, 0.25) is 0 Å². The van der Waals surface area contributed by atoms with Gasteiger partial charge in [0.25, 0.3) is 0 Å². The molecule has 0 aliphatic carbocycles. The van der Waals surface area contributed by atoms with Crippen LogP contribution in [0, 0.1) is 0 Å². The zero-order valence-corrected chi connectivity index (χ0v) is 9.57. The molecule has 0 unspecified atom stereocenters. The first-order valence-electron chi connectivity index (χ1n) is 4.46. The van der Waals surface area contributed by atoms with Crippen LogP contribution in [0.1, 0.15) is 0 Å². The van der Waals surface area contributed by atoms with E-state index in [4.69, 9.17) is 0 Å². The number of halogens is 1. The summed E-state index contributed by atoms with van der Waals surface area (Å²) in [5.74, 6) is 0. The molecule has 0 radical (unpaired) electrons. The maximum Gasteiger partial charge on any atom is 0.207 e. The van der Waals surface area contributed by atoms with E-state index >= 15 is 0 Å². The Kier molecular flexibility index (Phi) is 2.68. The highest BCUT2D eigenvalue weighted by Crippen LogP contribution is 2.11. The van der Waals surface area contributed by atoms with E-state index < -0.39 is 0 Å². The minimum atomic E-state index is -0.0537. The fraction of sp³-hybridized carbons (Fsp3) is 0.0909. The van der Waals surface area contributed by atoms with Gasteiger partial charge < -0.3 is 0 Å². The third kappa shape index (κ3) is 1.99. The van der Waals surface area contributed by atoms with Gasteiger partial charge in [0.1, 0.15) is 0 Å². The molecule has 1 aromatic heterocycles. The van der Waals surface area contributed by atoms with Gasteiger partial charge >= 0.3 is 0 Å². The van der Waals surface area contributed by atoms with Crippen molar-refractivity contribution < 1.29 is 0 Å². The van der Waals surface area contributed by atoms with Gasteiger partial charge in [-0.3, -0.25) is 9.48 Å². The second-order valence-corrected chi connectivity index (χ2v) is 4.32. The minimum Gasteiger partial charge on any atom is -0.287 e. The molecule has 0 bridgehead atoms. The highest BCUT2D eigenvalue weighted by atomic mass is 79.9. The van der Waals surface area contributed by atoms with E-state index in [0.29, 0.717) is 11.9 Å². The van der Waals surface area contributed by atoms with Gasteiger partial charge in [0.15, 0.2) is 0 Å². The summed E-state index contributed by atoms with van der Waals surface area (Å²) in [5.41, 5.74) is 0.771. The van der Waals surface area contributed by atoms with Crippen molar-refractivity contribution in [1.29, 1.82) is 0 Å². The molecule has 0 amide bonds. The Morgan fingerprint density at radius 1 is 1.47 bits per heavy atom. The monoisotopic (exact) mass is 264 g/mol. The van der Waals surface area contributed by atoms with Crippen LogP contribution in [0.25, 0.3) is 10.9 Å². The third-order valence-electron chi connectivity index (χ3n) is 2.08. The Labute approximate surface area is 95.2 Å². The lowest BCUT2D eigenvalue weighted by atomic mass is 10.2. The summed E-state index contributed by atoms with van der Waals surface area (Å²) in [7, 11) is 0. The average molecular weight is 265 g/mol. The van der Waals surface area contributed by atoms with Crippen LogP contribution in [-0.4, -0.2) is 9.78 Å². The predicted octanol–water partition coefficient (Wildman–Crippen LogP) is 2.31. The maximum atomic E-state index is 11.5. The number of allylic oxidation sites excluding steroid dienone is 1. The molecule has 3 nitrogen and oxygen atoms in total. The fourth-order valence-electron chi connectivity index (χ4n) is 1.45. The van der Waals surface area contributed by atoms with Crippen LogP contribution in [0.5, 0.6) is 0 Å². The minimum absolute atomic E-state index is 0.0537. The molecule has 0 saturated heterocycles. The van der Waals surface area contributed by atoms with Crippen LogP contribution < -0.4 is 5.43 Å². The Hall–Kier alpha value is -1.42. The van der Waals surface area contributed by atoms with Crippen molar-refractivity contribution in [2.75, 3.05) is 0 Å². The molecule has 15 heavy (non-hydrogen) atoms. The number of aromatic nitrogens is 2. The van der Waals surface area contributed by atoms with E-state index in [-0.39, 0.29) is 5.43 Å². The Morgan fingerprint density at radius 2 is 2.20 bits per heavy atom. The molecule has 76 valence electrons. The lowest BCUT2D eigenvalue weighted by Gasteiger charge is -2.07. The summed E-state index contributed by atoms with van der Waals surface area (Å²) in [6.07, 6.45) is 1.33. The Bertz CT molecular complexity index is 574. The molecule has 0 fully saturated rings. The lowest BCUT2D eigenvalue weighted by Crippen LogP contribution is -2.12. The van der Waals surface area contributed by atoms with E-state index in [1.54, 1.807) is 10.7 Å². The van der Waals surface area contributed by atoms with E-state index in [2.05, 4.69) is 27.6 Å². The number of nitrogens with zero attached hydrogens (tertiary/aromatic N) is 2. The average Bonchev–Trinajstić information content (AvgIpc) is 2.22. The number of benzene rings is 1. The van der Waals surface area contributed by atoms with E-state index in [1.165, 1.54) is 6.20 Å². The topological polar surface area (TPSA) is 34.9 Å². The highest BCUT2D eigenvalue weighted by Gasteiger charge is 2.02. The molecule has 2 aromatic rings. The fourth-order valence-corrected chi connectivity index (χ4v) is 1.69. The van der Waals surface area contributed by atoms with Gasteiger partial charge in [-0.05, 0) is 12.1 Å². The van der Waals surface area contributed by atoms with Gasteiger partial charge in [-0.15, -0.1) is 0 Å². The second-order valence-electron chi connectivity index (χ2n) is 3.20. The zero-order chi connectivity index (χ0) is 10.8. The highest BCUT2D eigenvalue weighted by molar-refractivity contribution is 9.11. The molecule has 2 rings (SSSR count). The van der Waals surface area contributed by atoms with Crippen molar-refractivity contribution >= 4 is 26.8 Å². The molecule has 0 spiro atoms. The van der Waals surface area contributed by atoms with Crippen LogP contribution in [-0.2, 0) is 6.54 Å². The van der Waals surface area contributed by atoms with E-state index in [0.717, 1.165) is 10.00 Å². The number of hydrogen-bond donors (Lipinski definition) is 0. The van der Waals surface area contributed by atoms with Crippen molar-refractivity contribution in [2.24, 2.45) is 0 Å². The predicted molar refractivity (Wildman–Crippen MR) is 64.1 cm³/mol. The van der Waals surface area contributed by atoms with Crippen LogP contribution in [0.4, 0.5) is 0 Å². The van der Waals surface area contributed by atoms with E-state index in [9.17, 15) is 4.79 Å². The normalized spacial score (nSPS) is 10.5. The maximum absolute atomic E-state index is 11.5. The molecule has 0 saturated carbocycles. The molecular formula is C11H9BrN2O. The summed E-state index contributed by atoms with van der Waals surface area (Å²) in [4.78, 5) is 11.5. The molecule has 4 heteroatoms. The first-order chi connectivity index (χ1) is 7.18. The Morgan fingerprint density at radius 3 is 2.93 bits per heavy atom. The van der Waals surface area contributed by atoms with Crippen molar-refractivity contribution in [2.45, 2.75) is 6.54 Å². The molecule has 0 atom stereocenters. The van der Waals surface area contributed by atoms with Gasteiger partial charge in [-0.1, -0.05) is 34.6 Å². The SMILES string of the molecule is C=C(Br)Cn1ncc(=O)c2ccccc21. The zero-order valence-electron chi connectivity index (χ0n) is 7.98. The number of hydrogen-bond acceptors (Lipinski definition) is 2. The summed E-state index contributed by atoms with van der Waals surface area (Å²) >= 11 is 3.28. The van der Waals surface area contributed by atoms with Gasteiger partial charge in [-0.25, -0.2) is 0 Å². The van der Waals surface area contributed by atoms with Gasteiger partial charge in [0, 0.05) is 9.87 Å². The third-order valence-corrected chi connectivity index (χ3v) is 2.33. The van der Waals surface area contributed by atoms with Crippen molar-refractivity contribution in [3.05, 3.63) is 51.7 Å². The largest absolute Gasteiger partial charge is 0.287 e. The van der Waals surface area contributed by atoms with Gasteiger partial charge in [0.05, 0.1) is 18.3 Å². The standard InChI is InChI=1S/C11H9BrN2O/c1-8(12)7-14-10-5-3-2-4-9(10)11(15)6-13-14/h2-6H,1,7H2. The first kappa shape index (κ1) is 10.1. The van der Waals surface area contributed by atoms with Crippen LogP contribution in [0.15, 0.2) is 46.3 Å². The number of para-hydroxylation sites is 1.